The number of nitrogens with one attached hydrogen (secondary N) is 1. The van der Waals surface area contributed by atoms with Gasteiger partial charge in [-0.25, -0.2) is 4.79 Å². The average molecular weight is 272 g/mol. The summed E-state index contributed by atoms with van der Waals surface area (Å²) in [6, 6.07) is -0.411. The number of rotatable bonds is 6. The monoisotopic (exact) mass is 272 g/mol. The van der Waals surface area contributed by atoms with Crippen LogP contribution in [0, 0.1) is 5.92 Å². The van der Waals surface area contributed by atoms with Crippen LogP contribution in [0.25, 0.3) is 0 Å². The molecule has 0 aromatic carbocycles. The molecule has 1 heterocycles. The van der Waals surface area contributed by atoms with Gasteiger partial charge in [-0.15, -0.1) is 0 Å². The summed E-state index contributed by atoms with van der Waals surface area (Å²) in [4.78, 5) is 24.8. The summed E-state index contributed by atoms with van der Waals surface area (Å²) < 4.78 is 10.0. The molecule has 0 aromatic rings. The van der Waals surface area contributed by atoms with E-state index in [-0.39, 0.29) is 18.4 Å². The molecule has 0 aliphatic carbocycles. The number of likely N-dealkylation sites (tertiary alicyclic amines) is 1. The summed E-state index contributed by atoms with van der Waals surface area (Å²) in [5.41, 5.74) is 0. The highest BCUT2D eigenvalue weighted by Crippen LogP contribution is 2.08. The molecule has 0 saturated carbocycles. The Morgan fingerprint density at radius 3 is 2.26 bits per heavy atom. The third-order valence-corrected chi connectivity index (χ3v) is 3.66. The summed E-state index contributed by atoms with van der Waals surface area (Å²) >= 11 is 0. The molecule has 5 heteroatoms. The molecular formula is C14H26NO4+. The Morgan fingerprint density at radius 2 is 1.74 bits per heavy atom. The van der Waals surface area contributed by atoms with E-state index in [4.69, 9.17) is 9.47 Å². The Kier molecular flexibility index (Phi) is 6.84. The second-order valence-electron chi connectivity index (χ2n) is 5.15. The molecular weight excluding hydrogens is 246 g/mol. The zero-order valence-electron chi connectivity index (χ0n) is 12.2. The number of ether oxygens (including phenoxy) is 2. The van der Waals surface area contributed by atoms with Gasteiger partial charge in [-0.3, -0.25) is 4.79 Å². The molecule has 1 N–H and O–H groups in total. The lowest BCUT2D eigenvalue weighted by Crippen LogP contribution is -3.17. The van der Waals surface area contributed by atoms with Crippen molar-refractivity contribution >= 4 is 11.9 Å². The summed E-state index contributed by atoms with van der Waals surface area (Å²) in [7, 11) is 0. The van der Waals surface area contributed by atoms with E-state index in [9.17, 15) is 9.59 Å². The van der Waals surface area contributed by atoms with Gasteiger partial charge in [0, 0.05) is 0 Å². The standard InChI is InChI=1S/C14H25NO4/c1-4-18-13(16)10-12(14(17)19-5-2)15-8-6-11(3)7-9-15/h11-12H,4-10H2,1-3H3/p+1/t12-/m0/s1. The molecule has 1 aliphatic heterocycles. The van der Waals surface area contributed by atoms with Gasteiger partial charge in [0.15, 0.2) is 6.04 Å². The maximum Gasteiger partial charge on any atom is 0.365 e. The van der Waals surface area contributed by atoms with Gasteiger partial charge in [0.05, 0.1) is 26.3 Å². The molecule has 110 valence electrons. The molecule has 0 bridgehead atoms. The predicted molar refractivity (Wildman–Crippen MR) is 70.8 cm³/mol. The van der Waals surface area contributed by atoms with E-state index >= 15 is 0 Å². The summed E-state index contributed by atoms with van der Waals surface area (Å²) in [6.45, 7) is 8.32. The molecule has 0 spiro atoms. The number of hydrogen-bond donors (Lipinski definition) is 1. The van der Waals surface area contributed by atoms with Crippen molar-refractivity contribution in [3.05, 3.63) is 0 Å². The minimum Gasteiger partial charge on any atom is -0.466 e. The Bertz CT molecular complexity index is 298. The third kappa shape index (κ3) is 5.19. The first kappa shape index (κ1) is 16.0. The average Bonchev–Trinajstić information content (AvgIpc) is 2.38. The third-order valence-electron chi connectivity index (χ3n) is 3.66. The lowest BCUT2D eigenvalue weighted by molar-refractivity contribution is -0.922. The topological polar surface area (TPSA) is 57.0 Å². The van der Waals surface area contributed by atoms with E-state index in [1.807, 2.05) is 0 Å². The van der Waals surface area contributed by atoms with Crippen LogP contribution in [0.4, 0.5) is 0 Å². The normalized spacial score (nSPS) is 24.6. The maximum atomic E-state index is 12.0. The van der Waals surface area contributed by atoms with Crippen LogP contribution in [0.3, 0.4) is 0 Å². The van der Waals surface area contributed by atoms with Crippen LogP contribution < -0.4 is 4.90 Å². The van der Waals surface area contributed by atoms with Crippen molar-refractivity contribution in [2.24, 2.45) is 5.92 Å². The van der Waals surface area contributed by atoms with Crippen molar-refractivity contribution in [1.82, 2.24) is 0 Å². The minimum absolute atomic E-state index is 0.121. The number of hydrogen-bond acceptors (Lipinski definition) is 4. The van der Waals surface area contributed by atoms with Gasteiger partial charge in [-0.05, 0) is 32.6 Å². The largest absolute Gasteiger partial charge is 0.466 e. The van der Waals surface area contributed by atoms with Gasteiger partial charge in [-0.2, -0.15) is 0 Å². The summed E-state index contributed by atoms with van der Waals surface area (Å²) in [5.74, 6) is 0.112. The highest BCUT2D eigenvalue weighted by atomic mass is 16.5. The molecule has 1 atom stereocenters. The van der Waals surface area contributed by atoms with E-state index in [1.165, 1.54) is 0 Å². The van der Waals surface area contributed by atoms with Gasteiger partial charge < -0.3 is 14.4 Å². The van der Waals surface area contributed by atoms with Crippen molar-refractivity contribution in [2.45, 2.75) is 46.1 Å². The number of quaternary nitrogens is 1. The fourth-order valence-corrected chi connectivity index (χ4v) is 2.51. The van der Waals surface area contributed by atoms with Crippen molar-refractivity contribution in [2.75, 3.05) is 26.3 Å². The Balaban J connectivity index is 2.63. The van der Waals surface area contributed by atoms with Gasteiger partial charge >= 0.3 is 11.9 Å². The molecule has 19 heavy (non-hydrogen) atoms. The lowest BCUT2D eigenvalue weighted by Gasteiger charge is -2.32. The van der Waals surface area contributed by atoms with Crippen LogP contribution in [0.2, 0.25) is 0 Å². The van der Waals surface area contributed by atoms with E-state index in [1.54, 1.807) is 13.8 Å². The second kappa shape index (κ2) is 8.15. The highest BCUT2D eigenvalue weighted by Gasteiger charge is 2.35. The molecule has 0 radical (unpaired) electrons. The smallest absolute Gasteiger partial charge is 0.365 e. The van der Waals surface area contributed by atoms with Gasteiger partial charge in [0.25, 0.3) is 0 Å². The van der Waals surface area contributed by atoms with Crippen LogP contribution in [-0.4, -0.2) is 44.3 Å². The van der Waals surface area contributed by atoms with Crippen molar-refractivity contribution < 1.29 is 24.0 Å². The SMILES string of the molecule is CCOC(=O)C[C@@H](C(=O)OCC)[NH+]1CCC(C)CC1. The highest BCUT2D eigenvalue weighted by molar-refractivity contribution is 5.81. The Hall–Kier alpha value is -1.10. The minimum atomic E-state index is -0.411. The van der Waals surface area contributed by atoms with E-state index in [2.05, 4.69) is 6.92 Å². The molecule has 0 unspecified atom stereocenters. The van der Waals surface area contributed by atoms with Crippen LogP contribution in [0.1, 0.15) is 40.0 Å². The molecule has 5 nitrogen and oxygen atoms in total. The van der Waals surface area contributed by atoms with Crippen LogP contribution in [-0.2, 0) is 19.1 Å². The fourth-order valence-electron chi connectivity index (χ4n) is 2.51. The van der Waals surface area contributed by atoms with E-state index < -0.39 is 6.04 Å². The van der Waals surface area contributed by atoms with Crippen LogP contribution in [0.15, 0.2) is 0 Å². The zero-order valence-corrected chi connectivity index (χ0v) is 12.2. The quantitative estimate of drug-likeness (QED) is 0.701. The number of piperidine rings is 1. The van der Waals surface area contributed by atoms with Crippen molar-refractivity contribution in [3.8, 4) is 0 Å². The number of esters is 2. The maximum absolute atomic E-state index is 12.0. The fraction of sp³-hybridized carbons (Fsp3) is 0.857. The first-order valence-electron chi connectivity index (χ1n) is 7.25. The van der Waals surface area contributed by atoms with Crippen molar-refractivity contribution in [3.63, 3.8) is 0 Å². The van der Waals surface area contributed by atoms with Crippen molar-refractivity contribution in [1.29, 1.82) is 0 Å². The lowest BCUT2D eigenvalue weighted by atomic mass is 9.97. The summed E-state index contributed by atoms with van der Waals surface area (Å²) in [5, 5.41) is 0. The first-order valence-corrected chi connectivity index (χ1v) is 7.25. The van der Waals surface area contributed by atoms with E-state index in [0.717, 1.165) is 30.8 Å². The molecule has 1 rings (SSSR count). The molecule has 0 amide bonds. The van der Waals surface area contributed by atoms with Crippen LogP contribution in [0.5, 0.6) is 0 Å². The number of carbonyl (C=O) groups is 2. The number of carbonyl (C=O) groups excluding carboxylic acids is 2. The predicted octanol–water partition coefficient (Wildman–Crippen LogP) is 0.186. The van der Waals surface area contributed by atoms with Gasteiger partial charge in [0.1, 0.15) is 6.42 Å². The molecule has 1 fully saturated rings. The van der Waals surface area contributed by atoms with Gasteiger partial charge in [0.2, 0.25) is 0 Å². The Labute approximate surface area is 115 Å². The van der Waals surface area contributed by atoms with Crippen LogP contribution >= 0.6 is 0 Å². The molecule has 1 saturated heterocycles. The Morgan fingerprint density at radius 1 is 1.16 bits per heavy atom. The first-order chi connectivity index (χ1) is 9.08. The summed E-state index contributed by atoms with van der Waals surface area (Å²) in [6.07, 6.45) is 2.30. The zero-order chi connectivity index (χ0) is 14.3. The van der Waals surface area contributed by atoms with E-state index in [0.29, 0.717) is 19.1 Å². The molecule has 0 aromatic heterocycles. The molecule has 1 aliphatic rings. The van der Waals surface area contributed by atoms with Gasteiger partial charge in [-0.1, -0.05) is 6.92 Å². The second-order valence-corrected chi connectivity index (χ2v) is 5.15.